The second kappa shape index (κ2) is 3.78. The minimum Gasteiger partial charge on any atom is -0.338 e. The Hall–Kier alpha value is -0.730. The van der Waals surface area contributed by atoms with E-state index in [0.29, 0.717) is 6.54 Å². The molecule has 70 valence electrons. The van der Waals surface area contributed by atoms with E-state index in [1.54, 1.807) is 4.90 Å². The first kappa shape index (κ1) is 9.36. The van der Waals surface area contributed by atoms with Gasteiger partial charge in [-0.15, -0.1) is 0 Å². The lowest BCUT2D eigenvalue weighted by Crippen LogP contribution is -2.38. The van der Waals surface area contributed by atoms with Crippen LogP contribution < -0.4 is 5.32 Å². The van der Waals surface area contributed by atoms with Crippen LogP contribution in [0.5, 0.6) is 0 Å². The zero-order valence-electron chi connectivity index (χ0n) is 8.13. The van der Waals surface area contributed by atoms with E-state index >= 15 is 0 Å². The largest absolute Gasteiger partial charge is 0.338 e. The first-order valence-electron chi connectivity index (χ1n) is 4.64. The number of carbonyl (C=O) groups excluding carboxylic acids is 1. The Bertz CT molecular complexity index is 170. The van der Waals surface area contributed by atoms with E-state index in [0.717, 1.165) is 18.4 Å². The lowest BCUT2D eigenvalue weighted by Gasteiger charge is -2.16. The van der Waals surface area contributed by atoms with Crippen molar-refractivity contribution in [1.82, 2.24) is 10.2 Å². The van der Waals surface area contributed by atoms with Gasteiger partial charge >= 0.3 is 6.03 Å². The molecule has 0 radical (unpaired) electrons. The monoisotopic (exact) mass is 170 g/mol. The third-order valence-electron chi connectivity index (χ3n) is 2.46. The van der Waals surface area contributed by atoms with Crippen LogP contribution >= 0.6 is 0 Å². The van der Waals surface area contributed by atoms with Gasteiger partial charge in [-0.05, 0) is 25.2 Å². The molecule has 1 N–H and O–H groups in total. The molecule has 0 aromatic heterocycles. The van der Waals surface area contributed by atoms with Gasteiger partial charge in [0.1, 0.15) is 0 Å². The molecule has 0 spiro atoms. The van der Waals surface area contributed by atoms with E-state index in [1.165, 1.54) is 6.42 Å². The molecule has 1 fully saturated rings. The van der Waals surface area contributed by atoms with Crippen LogP contribution in [0.3, 0.4) is 0 Å². The average Bonchev–Trinajstić information content (AvgIpc) is 2.67. The van der Waals surface area contributed by atoms with Crippen LogP contribution in [0.4, 0.5) is 4.79 Å². The van der Waals surface area contributed by atoms with E-state index in [4.69, 9.17) is 0 Å². The van der Waals surface area contributed by atoms with E-state index in [2.05, 4.69) is 12.2 Å². The summed E-state index contributed by atoms with van der Waals surface area (Å²) in [5, 5.41) is 2.78. The summed E-state index contributed by atoms with van der Waals surface area (Å²) in [5.41, 5.74) is 0. The molecule has 0 saturated heterocycles. The van der Waals surface area contributed by atoms with Crippen molar-refractivity contribution in [3.05, 3.63) is 0 Å². The summed E-state index contributed by atoms with van der Waals surface area (Å²) in [6.07, 6.45) is 1.28. The van der Waals surface area contributed by atoms with Gasteiger partial charge in [0, 0.05) is 20.1 Å². The fourth-order valence-electron chi connectivity index (χ4n) is 1.37. The SMILES string of the molecule is CCNC(=O)N(C)CC1CC1C. The first-order valence-corrected chi connectivity index (χ1v) is 4.64. The van der Waals surface area contributed by atoms with Gasteiger partial charge in [-0.3, -0.25) is 0 Å². The Balaban J connectivity index is 2.18. The Morgan fingerprint density at radius 2 is 2.25 bits per heavy atom. The molecule has 0 heterocycles. The number of hydrogen-bond donors (Lipinski definition) is 1. The van der Waals surface area contributed by atoms with Crippen LogP contribution in [-0.4, -0.2) is 31.1 Å². The van der Waals surface area contributed by atoms with Crippen LogP contribution in [0.25, 0.3) is 0 Å². The van der Waals surface area contributed by atoms with Crippen molar-refractivity contribution in [3.8, 4) is 0 Å². The van der Waals surface area contributed by atoms with Crippen LogP contribution in [0.2, 0.25) is 0 Å². The molecule has 3 heteroatoms. The maximum absolute atomic E-state index is 11.2. The average molecular weight is 170 g/mol. The molecular weight excluding hydrogens is 152 g/mol. The van der Waals surface area contributed by atoms with Crippen molar-refractivity contribution in [1.29, 1.82) is 0 Å². The topological polar surface area (TPSA) is 32.3 Å². The van der Waals surface area contributed by atoms with Gasteiger partial charge < -0.3 is 10.2 Å². The van der Waals surface area contributed by atoms with Crippen molar-refractivity contribution >= 4 is 6.03 Å². The Morgan fingerprint density at radius 1 is 1.67 bits per heavy atom. The fourth-order valence-corrected chi connectivity index (χ4v) is 1.37. The van der Waals surface area contributed by atoms with Gasteiger partial charge in [0.2, 0.25) is 0 Å². The van der Waals surface area contributed by atoms with Crippen LogP contribution in [0.1, 0.15) is 20.3 Å². The summed E-state index contributed by atoms with van der Waals surface area (Å²) in [4.78, 5) is 13.0. The number of rotatable bonds is 3. The molecular formula is C9H18N2O. The number of nitrogens with one attached hydrogen (secondary N) is 1. The van der Waals surface area contributed by atoms with Gasteiger partial charge in [-0.1, -0.05) is 6.92 Å². The molecule has 2 amide bonds. The van der Waals surface area contributed by atoms with Crippen LogP contribution in [-0.2, 0) is 0 Å². The highest BCUT2D eigenvalue weighted by atomic mass is 16.2. The van der Waals surface area contributed by atoms with Crippen molar-refractivity contribution in [3.63, 3.8) is 0 Å². The molecule has 0 aliphatic heterocycles. The van der Waals surface area contributed by atoms with Crippen molar-refractivity contribution in [2.24, 2.45) is 11.8 Å². The van der Waals surface area contributed by atoms with E-state index in [9.17, 15) is 4.79 Å². The highest BCUT2D eigenvalue weighted by Crippen LogP contribution is 2.37. The second-order valence-corrected chi connectivity index (χ2v) is 3.69. The summed E-state index contributed by atoms with van der Waals surface area (Å²) in [6.45, 7) is 5.79. The molecule has 1 aliphatic rings. The van der Waals surface area contributed by atoms with Crippen LogP contribution in [0.15, 0.2) is 0 Å². The number of urea groups is 1. The Morgan fingerprint density at radius 3 is 2.67 bits per heavy atom. The summed E-state index contributed by atoms with van der Waals surface area (Å²) >= 11 is 0. The van der Waals surface area contributed by atoms with Crippen molar-refractivity contribution < 1.29 is 4.79 Å². The summed E-state index contributed by atoms with van der Waals surface area (Å²) in [6, 6.07) is 0.0524. The minimum atomic E-state index is 0.0524. The number of amides is 2. The number of nitrogens with zero attached hydrogens (tertiary/aromatic N) is 1. The summed E-state index contributed by atoms with van der Waals surface area (Å²) < 4.78 is 0. The Labute approximate surface area is 74.1 Å². The molecule has 2 atom stereocenters. The first-order chi connectivity index (χ1) is 5.65. The van der Waals surface area contributed by atoms with Gasteiger partial charge in [-0.25, -0.2) is 4.79 Å². The molecule has 1 saturated carbocycles. The van der Waals surface area contributed by atoms with Crippen molar-refractivity contribution in [2.45, 2.75) is 20.3 Å². The highest BCUT2D eigenvalue weighted by molar-refractivity contribution is 5.73. The van der Waals surface area contributed by atoms with E-state index < -0.39 is 0 Å². The quantitative estimate of drug-likeness (QED) is 0.680. The van der Waals surface area contributed by atoms with Gasteiger partial charge in [-0.2, -0.15) is 0 Å². The second-order valence-electron chi connectivity index (χ2n) is 3.69. The maximum Gasteiger partial charge on any atom is 0.317 e. The van der Waals surface area contributed by atoms with E-state index in [-0.39, 0.29) is 6.03 Å². The maximum atomic E-state index is 11.2. The predicted molar refractivity (Wildman–Crippen MR) is 49.0 cm³/mol. The third-order valence-corrected chi connectivity index (χ3v) is 2.46. The zero-order chi connectivity index (χ0) is 9.14. The summed E-state index contributed by atoms with van der Waals surface area (Å²) in [5.74, 6) is 1.57. The molecule has 12 heavy (non-hydrogen) atoms. The molecule has 1 rings (SSSR count). The minimum absolute atomic E-state index is 0.0524. The molecule has 0 bridgehead atoms. The highest BCUT2D eigenvalue weighted by Gasteiger charge is 2.33. The van der Waals surface area contributed by atoms with Crippen molar-refractivity contribution in [2.75, 3.05) is 20.1 Å². The Kier molecular flexibility index (Phi) is 2.95. The predicted octanol–water partition coefficient (Wildman–Crippen LogP) is 1.30. The number of hydrogen-bond acceptors (Lipinski definition) is 1. The smallest absolute Gasteiger partial charge is 0.317 e. The lowest BCUT2D eigenvalue weighted by molar-refractivity contribution is 0.207. The lowest BCUT2D eigenvalue weighted by atomic mass is 10.3. The van der Waals surface area contributed by atoms with E-state index in [1.807, 2.05) is 14.0 Å². The van der Waals surface area contributed by atoms with Crippen LogP contribution in [0, 0.1) is 11.8 Å². The molecule has 3 nitrogen and oxygen atoms in total. The molecule has 2 unspecified atom stereocenters. The normalized spacial score (nSPS) is 26.6. The standard InChI is InChI=1S/C9H18N2O/c1-4-10-9(12)11(3)6-8-5-7(8)2/h7-8H,4-6H2,1-3H3,(H,10,12). The molecule has 0 aromatic rings. The zero-order valence-corrected chi connectivity index (χ0v) is 8.13. The third kappa shape index (κ3) is 2.40. The number of carbonyl (C=O) groups is 1. The fraction of sp³-hybridized carbons (Fsp3) is 0.889. The van der Waals surface area contributed by atoms with Gasteiger partial charge in [0.15, 0.2) is 0 Å². The molecule has 1 aliphatic carbocycles. The van der Waals surface area contributed by atoms with Gasteiger partial charge in [0.25, 0.3) is 0 Å². The summed E-state index contributed by atoms with van der Waals surface area (Å²) in [7, 11) is 1.86. The molecule has 0 aromatic carbocycles. The van der Waals surface area contributed by atoms with Gasteiger partial charge in [0.05, 0.1) is 0 Å².